The number of carbonyl (C=O) groups is 1. The number of carboxylic acids is 1. The van der Waals surface area contributed by atoms with Crippen molar-refractivity contribution in [2.45, 2.75) is 31.7 Å². The number of nitrogens with zero attached hydrogens (tertiary/aromatic N) is 3. The smallest absolute Gasteiger partial charge is 0.358 e. The zero-order valence-corrected chi connectivity index (χ0v) is 11.2. The SMILES string of the molecule is CN(CCNc1nccnc1C(=O)O)C1CCCC1. The van der Waals surface area contributed by atoms with E-state index in [4.69, 9.17) is 5.11 Å². The van der Waals surface area contributed by atoms with Gasteiger partial charge in [0.2, 0.25) is 0 Å². The largest absolute Gasteiger partial charge is 0.476 e. The quantitative estimate of drug-likeness (QED) is 0.810. The van der Waals surface area contributed by atoms with Crippen LogP contribution in [0.4, 0.5) is 5.82 Å². The molecule has 1 aromatic heterocycles. The molecule has 1 heterocycles. The van der Waals surface area contributed by atoms with Gasteiger partial charge in [0.15, 0.2) is 11.5 Å². The van der Waals surface area contributed by atoms with E-state index in [2.05, 4.69) is 27.2 Å². The van der Waals surface area contributed by atoms with Crippen LogP contribution in [0.3, 0.4) is 0 Å². The fraction of sp³-hybridized carbons (Fsp3) is 0.615. The Kier molecular flexibility index (Phi) is 4.68. The van der Waals surface area contributed by atoms with Gasteiger partial charge in [-0.1, -0.05) is 12.8 Å². The maximum Gasteiger partial charge on any atom is 0.358 e. The summed E-state index contributed by atoms with van der Waals surface area (Å²) in [5.74, 6) is -0.713. The minimum Gasteiger partial charge on any atom is -0.476 e. The molecule has 1 aliphatic rings. The Balaban J connectivity index is 1.83. The lowest BCUT2D eigenvalue weighted by Gasteiger charge is -2.24. The van der Waals surface area contributed by atoms with Crippen LogP contribution in [0.15, 0.2) is 12.4 Å². The predicted octanol–water partition coefficient (Wildman–Crippen LogP) is 1.46. The maximum absolute atomic E-state index is 11.0. The van der Waals surface area contributed by atoms with Gasteiger partial charge in [-0.3, -0.25) is 0 Å². The van der Waals surface area contributed by atoms with Gasteiger partial charge >= 0.3 is 5.97 Å². The summed E-state index contributed by atoms with van der Waals surface area (Å²) in [6.07, 6.45) is 8.05. The third kappa shape index (κ3) is 3.64. The van der Waals surface area contributed by atoms with E-state index in [1.165, 1.54) is 38.1 Å². The van der Waals surface area contributed by atoms with E-state index in [0.717, 1.165) is 6.54 Å². The lowest BCUT2D eigenvalue weighted by molar-refractivity contribution is 0.0691. The first-order chi connectivity index (χ1) is 9.18. The van der Waals surface area contributed by atoms with Crippen LogP contribution < -0.4 is 5.32 Å². The summed E-state index contributed by atoms with van der Waals surface area (Å²) in [7, 11) is 2.12. The number of aromatic carboxylic acids is 1. The van der Waals surface area contributed by atoms with Crippen molar-refractivity contribution in [1.29, 1.82) is 0 Å². The Labute approximate surface area is 112 Å². The topological polar surface area (TPSA) is 78.3 Å². The Hall–Kier alpha value is -1.69. The molecular weight excluding hydrogens is 244 g/mol. The van der Waals surface area contributed by atoms with Crippen LogP contribution in [0, 0.1) is 0 Å². The van der Waals surface area contributed by atoms with Gasteiger partial charge in [0.1, 0.15) is 0 Å². The van der Waals surface area contributed by atoms with E-state index in [9.17, 15) is 4.79 Å². The van der Waals surface area contributed by atoms with Crippen LogP contribution in [-0.4, -0.2) is 52.1 Å². The molecule has 1 fully saturated rings. The summed E-state index contributed by atoms with van der Waals surface area (Å²) in [5.41, 5.74) is -0.0222. The molecule has 0 aliphatic heterocycles. The highest BCUT2D eigenvalue weighted by molar-refractivity contribution is 5.90. The third-order valence-corrected chi connectivity index (χ3v) is 3.61. The monoisotopic (exact) mass is 264 g/mol. The van der Waals surface area contributed by atoms with Crippen molar-refractivity contribution >= 4 is 11.8 Å². The molecule has 1 saturated carbocycles. The number of aromatic nitrogens is 2. The Morgan fingerprint density at radius 1 is 1.42 bits per heavy atom. The number of rotatable bonds is 6. The molecular formula is C13H20N4O2. The molecule has 6 heteroatoms. The molecule has 19 heavy (non-hydrogen) atoms. The van der Waals surface area contributed by atoms with E-state index in [0.29, 0.717) is 18.4 Å². The molecule has 1 aliphatic carbocycles. The van der Waals surface area contributed by atoms with Crippen LogP contribution in [0.2, 0.25) is 0 Å². The molecule has 0 amide bonds. The zero-order valence-electron chi connectivity index (χ0n) is 11.2. The number of carboxylic acid groups (broad SMARTS) is 1. The maximum atomic E-state index is 11.0. The van der Waals surface area contributed by atoms with Crippen LogP contribution >= 0.6 is 0 Å². The van der Waals surface area contributed by atoms with Gasteiger partial charge in [0.25, 0.3) is 0 Å². The highest BCUT2D eigenvalue weighted by Crippen LogP contribution is 2.21. The average Bonchev–Trinajstić information content (AvgIpc) is 2.93. The van der Waals surface area contributed by atoms with Gasteiger partial charge in [-0.2, -0.15) is 0 Å². The van der Waals surface area contributed by atoms with E-state index < -0.39 is 5.97 Å². The van der Waals surface area contributed by atoms with Gasteiger partial charge in [0, 0.05) is 31.5 Å². The number of anilines is 1. The summed E-state index contributed by atoms with van der Waals surface area (Å²) < 4.78 is 0. The molecule has 0 spiro atoms. The van der Waals surface area contributed by atoms with E-state index in [1.54, 1.807) is 0 Å². The second kappa shape index (κ2) is 6.47. The van der Waals surface area contributed by atoms with Crippen LogP contribution in [0.25, 0.3) is 0 Å². The lowest BCUT2D eigenvalue weighted by Crippen LogP contribution is -2.33. The van der Waals surface area contributed by atoms with Gasteiger partial charge in [0.05, 0.1) is 0 Å². The molecule has 0 atom stereocenters. The highest BCUT2D eigenvalue weighted by atomic mass is 16.4. The Morgan fingerprint density at radius 3 is 2.79 bits per heavy atom. The number of hydrogen-bond donors (Lipinski definition) is 2. The lowest BCUT2D eigenvalue weighted by atomic mass is 10.2. The Morgan fingerprint density at radius 2 is 2.11 bits per heavy atom. The van der Waals surface area contributed by atoms with Gasteiger partial charge < -0.3 is 15.3 Å². The number of hydrogen-bond acceptors (Lipinski definition) is 5. The Bertz CT molecular complexity index is 432. The number of likely N-dealkylation sites (N-methyl/N-ethyl adjacent to an activating group) is 1. The normalized spacial score (nSPS) is 15.9. The summed E-state index contributed by atoms with van der Waals surface area (Å²) in [5, 5.41) is 12.0. The summed E-state index contributed by atoms with van der Waals surface area (Å²) >= 11 is 0. The van der Waals surface area contributed by atoms with E-state index in [-0.39, 0.29) is 5.69 Å². The van der Waals surface area contributed by atoms with Crippen molar-refractivity contribution in [2.75, 3.05) is 25.5 Å². The fourth-order valence-electron chi connectivity index (χ4n) is 2.50. The minimum absolute atomic E-state index is 0.0222. The van der Waals surface area contributed by atoms with Crippen molar-refractivity contribution < 1.29 is 9.90 Å². The van der Waals surface area contributed by atoms with Gasteiger partial charge in [-0.05, 0) is 19.9 Å². The minimum atomic E-state index is -1.06. The zero-order chi connectivity index (χ0) is 13.7. The molecule has 0 radical (unpaired) electrons. The molecule has 6 nitrogen and oxygen atoms in total. The molecule has 104 valence electrons. The molecule has 2 N–H and O–H groups in total. The number of nitrogens with one attached hydrogen (secondary N) is 1. The molecule has 0 aromatic carbocycles. The first kappa shape index (κ1) is 13.7. The van der Waals surface area contributed by atoms with Crippen molar-refractivity contribution in [3.05, 3.63) is 18.1 Å². The predicted molar refractivity (Wildman–Crippen MR) is 72.4 cm³/mol. The van der Waals surface area contributed by atoms with Crippen molar-refractivity contribution in [3.8, 4) is 0 Å². The molecule has 0 saturated heterocycles. The second-order valence-corrected chi connectivity index (χ2v) is 4.90. The van der Waals surface area contributed by atoms with Crippen molar-refractivity contribution in [2.24, 2.45) is 0 Å². The summed E-state index contributed by atoms with van der Waals surface area (Å²) in [4.78, 5) is 21.1. The fourth-order valence-corrected chi connectivity index (χ4v) is 2.50. The average molecular weight is 264 g/mol. The van der Waals surface area contributed by atoms with Crippen LogP contribution in [-0.2, 0) is 0 Å². The first-order valence-corrected chi connectivity index (χ1v) is 6.67. The molecule has 0 bridgehead atoms. The van der Waals surface area contributed by atoms with Crippen molar-refractivity contribution in [1.82, 2.24) is 14.9 Å². The first-order valence-electron chi connectivity index (χ1n) is 6.67. The molecule has 0 unspecified atom stereocenters. The van der Waals surface area contributed by atoms with E-state index >= 15 is 0 Å². The van der Waals surface area contributed by atoms with Crippen molar-refractivity contribution in [3.63, 3.8) is 0 Å². The van der Waals surface area contributed by atoms with Crippen LogP contribution in [0.1, 0.15) is 36.2 Å². The van der Waals surface area contributed by atoms with Gasteiger partial charge in [-0.15, -0.1) is 0 Å². The van der Waals surface area contributed by atoms with Crippen LogP contribution in [0.5, 0.6) is 0 Å². The van der Waals surface area contributed by atoms with E-state index in [1.807, 2.05) is 0 Å². The highest BCUT2D eigenvalue weighted by Gasteiger charge is 2.19. The second-order valence-electron chi connectivity index (χ2n) is 4.90. The summed E-state index contributed by atoms with van der Waals surface area (Å²) in [6.45, 7) is 1.55. The molecule has 2 rings (SSSR count). The third-order valence-electron chi connectivity index (χ3n) is 3.61. The van der Waals surface area contributed by atoms with Gasteiger partial charge in [-0.25, -0.2) is 14.8 Å². The molecule has 1 aromatic rings. The standard InChI is InChI=1S/C13H20N4O2/c1-17(10-4-2-3-5-10)9-8-16-12-11(13(18)19)14-6-7-15-12/h6-7,10H,2-5,8-9H2,1H3,(H,15,16)(H,18,19). The summed E-state index contributed by atoms with van der Waals surface area (Å²) in [6, 6.07) is 0.669.